The van der Waals surface area contributed by atoms with Gasteiger partial charge in [-0.3, -0.25) is 4.79 Å². The number of fused-ring (bicyclic) bond motifs is 2. The Morgan fingerprint density at radius 1 is 1.31 bits per heavy atom. The molecule has 0 radical (unpaired) electrons. The van der Waals surface area contributed by atoms with Crippen LogP contribution in [0.25, 0.3) is 6.08 Å². The molecular formula is C23H24N2O3S. The fourth-order valence-corrected chi connectivity index (χ4v) is 5.15. The molecule has 29 heavy (non-hydrogen) atoms. The third-order valence-corrected chi connectivity index (χ3v) is 6.83. The Kier molecular flexibility index (Phi) is 5.10. The lowest BCUT2D eigenvalue weighted by Crippen LogP contribution is -2.26. The van der Waals surface area contributed by atoms with E-state index in [0.717, 1.165) is 30.4 Å². The van der Waals surface area contributed by atoms with Crippen molar-refractivity contribution in [2.75, 3.05) is 12.1 Å². The maximum atomic E-state index is 12.5. The van der Waals surface area contributed by atoms with Crippen molar-refractivity contribution in [1.29, 1.82) is 5.26 Å². The number of hydrogen-bond acceptors (Lipinski definition) is 5. The van der Waals surface area contributed by atoms with Crippen LogP contribution < -0.4 is 14.8 Å². The van der Waals surface area contributed by atoms with Gasteiger partial charge in [0.25, 0.3) is 0 Å². The maximum Gasteiger partial charge on any atom is 0.249 e. The summed E-state index contributed by atoms with van der Waals surface area (Å²) in [4.78, 5) is 13.7. The molecule has 1 aromatic carbocycles. The molecule has 1 aliphatic heterocycles. The third-order valence-electron chi connectivity index (χ3n) is 5.66. The van der Waals surface area contributed by atoms with Gasteiger partial charge < -0.3 is 14.8 Å². The van der Waals surface area contributed by atoms with Crippen LogP contribution in [-0.2, 0) is 17.6 Å². The van der Waals surface area contributed by atoms with E-state index in [1.165, 1.54) is 11.0 Å². The number of thiophene rings is 1. The second-order valence-electron chi connectivity index (χ2n) is 8.56. The minimum atomic E-state index is -0.245. The van der Waals surface area contributed by atoms with Crippen LogP contribution in [0.2, 0.25) is 0 Å². The summed E-state index contributed by atoms with van der Waals surface area (Å²) >= 11 is 1.55. The fraction of sp³-hybridized carbons (Fsp3) is 0.391. The van der Waals surface area contributed by atoms with Gasteiger partial charge >= 0.3 is 0 Å². The van der Waals surface area contributed by atoms with Crippen molar-refractivity contribution >= 4 is 28.3 Å². The predicted molar refractivity (Wildman–Crippen MR) is 114 cm³/mol. The number of amides is 1. The predicted octanol–water partition coefficient (Wildman–Crippen LogP) is 5.15. The van der Waals surface area contributed by atoms with E-state index in [1.54, 1.807) is 17.4 Å². The molecule has 0 spiro atoms. The summed E-state index contributed by atoms with van der Waals surface area (Å²) in [5.41, 5.74) is 2.84. The SMILES string of the molecule is CC(C)(C)C1CCc2c(sc(NC(=O)/C=C/c3ccc4c(c3)OCO4)c2C#N)C1. The lowest BCUT2D eigenvalue weighted by molar-refractivity contribution is -0.111. The summed E-state index contributed by atoms with van der Waals surface area (Å²) < 4.78 is 10.7. The quantitative estimate of drug-likeness (QED) is 0.713. The zero-order valence-corrected chi connectivity index (χ0v) is 17.7. The summed E-state index contributed by atoms with van der Waals surface area (Å²) in [6.07, 6.45) is 6.17. The number of carbonyl (C=O) groups excluding carboxylic acids is 1. The second kappa shape index (κ2) is 7.57. The Hall–Kier alpha value is -2.78. The van der Waals surface area contributed by atoms with Gasteiger partial charge in [-0.05, 0) is 59.9 Å². The number of anilines is 1. The Morgan fingerprint density at radius 3 is 2.86 bits per heavy atom. The van der Waals surface area contributed by atoms with Crippen molar-refractivity contribution in [3.05, 3.63) is 45.8 Å². The molecule has 1 N–H and O–H groups in total. The van der Waals surface area contributed by atoms with E-state index in [2.05, 4.69) is 32.2 Å². The highest BCUT2D eigenvalue weighted by Crippen LogP contribution is 2.44. The molecule has 4 rings (SSSR count). The number of carbonyl (C=O) groups is 1. The highest BCUT2D eigenvalue weighted by Gasteiger charge is 2.32. The monoisotopic (exact) mass is 408 g/mol. The summed E-state index contributed by atoms with van der Waals surface area (Å²) in [6, 6.07) is 7.84. The molecule has 150 valence electrons. The minimum absolute atomic E-state index is 0.221. The number of nitrogens with zero attached hydrogens (tertiary/aromatic N) is 1. The van der Waals surface area contributed by atoms with E-state index < -0.39 is 0 Å². The lowest BCUT2D eigenvalue weighted by Gasteiger charge is -2.33. The zero-order chi connectivity index (χ0) is 20.6. The van der Waals surface area contributed by atoms with Crippen LogP contribution in [0, 0.1) is 22.7 Å². The average molecular weight is 409 g/mol. The van der Waals surface area contributed by atoms with E-state index in [9.17, 15) is 10.1 Å². The molecule has 0 saturated heterocycles. The highest BCUT2D eigenvalue weighted by molar-refractivity contribution is 7.16. The Labute approximate surface area is 175 Å². The smallest absolute Gasteiger partial charge is 0.249 e. The first-order valence-corrected chi connectivity index (χ1v) is 10.6. The molecule has 2 aromatic rings. The Bertz CT molecular complexity index is 1020. The van der Waals surface area contributed by atoms with Gasteiger partial charge in [0.1, 0.15) is 11.1 Å². The number of hydrogen-bond donors (Lipinski definition) is 1. The van der Waals surface area contributed by atoms with Crippen LogP contribution in [-0.4, -0.2) is 12.7 Å². The molecule has 5 nitrogen and oxygen atoms in total. The molecule has 1 unspecified atom stereocenters. The largest absolute Gasteiger partial charge is 0.454 e. The summed E-state index contributed by atoms with van der Waals surface area (Å²) in [6.45, 7) is 7.03. The third kappa shape index (κ3) is 4.01. The maximum absolute atomic E-state index is 12.5. The van der Waals surface area contributed by atoms with Gasteiger partial charge in [-0.1, -0.05) is 26.8 Å². The molecule has 1 aliphatic carbocycles. The van der Waals surface area contributed by atoms with Crippen LogP contribution >= 0.6 is 11.3 Å². The van der Waals surface area contributed by atoms with E-state index in [0.29, 0.717) is 28.0 Å². The van der Waals surface area contributed by atoms with Crippen LogP contribution in [0.5, 0.6) is 11.5 Å². The summed E-state index contributed by atoms with van der Waals surface area (Å²) in [7, 11) is 0. The van der Waals surface area contributed by atoms with Gasteiger partial charge in [0.05, 0.1) is 5.56 Å². The molecule has 6 heteroatoms. The standard InChI is InChI=1S/C23H24N2O3S/c1-23(2,3)15-6-7-16-17(12-24)22(29-20(16)11-15)25-21(26)9-5-14-4-8-18-19(10-14)28-13-27-18/h4-5,8-10,15H,6-7,11,13H2,1-3H3,(H,25,26)/b9-5+. The topological polar surface area (TPSA) is 71.3 Å². The lowest BCUT2D eigenvalue weighted by atomic mass is 9.72. The minimum Gasteiger partial charge on any atom is -0.454 e. The van der Waals surface area contributed by atoms with E-state index in [4.69, 9.17) is 9.47 Å². The molecule has 2 heterocycles. The summed E-state index contributed by atoms with van der Waals surface area (Å²) in [5.74, 6) is 1.74. The number of benzene rings is 1. The number of nitrogens with one attached hydrogen (secondary N) is 1. The van der Waals surface area contributed by atoms with Crippen LogP contribution in [0.15, 0.2) is 24.3 Å². The fourth-order valence-electron chi connectivity index (χ4n) is 3.87. The average Bonchev–Trinajstić information content (AvgIpc) is 3.28. The second-order valence-corrected chi connectivity index (χ2v) is 9.67. The van der Waals surface area contributed by atoms with Crippen LogP contribution in [0.3, 0.4) is 0 Å². The Morgan fingerprint density at radius 2 is 2.10 bits per heavy atom. The first-order chi connectivity index (χ1) is 13.8. The van der Waals surface area contributed by atoms with Crippen LogP contribution in [0.4, 0.5) is 5.00 Å². The van der Waals surface area contributed by atoms with Gasteiger partial charge in [0.2, 0.25) is 12.7 Å². The number of rotatable bonds is 3. The van der Waals surface area contributed by atoms with Gasteiger partial charge in [-0.25, -0.2) is 0 Å². The van der Waals surface area contributed by atoms with Gasteiger partial charge in [-0.2, -0.15) is 5.26 Å². The molecule has 2 aliphatic rings. The van der Waals surface area contributed by atoms with Gasteiger partial charge in [0.15, 0.2) is 11.5 Å². The van der Waals surface area contributed by atoms with E-state index >= 15 is 0 Å². The van der Waals surface area contributed by atoms with Crippen molar-refractivity contribution in [3.63, 3.8) is 0 Å². The zero-order valence-electron chi connectivity index (χ0n) is 16.9. The summed E-state index contributed by atoms with van der Waals surface area (Å²) in [5, 5.41) is 13.2. The molecule has 1 atom stereocenters. The van der Waals surface area contributed by atoms with Gasteiger partial charge in [-0.15, -0.1) is 11.3 Å². The van der Waals surface area contributed by atoms with Crippen molar-refractivity contribution in [3.8, 4) is 17.6 Å². The number of nitriles is 1. The first-order valence-electron chi connectivity index (χ1n) is 9.78. The highest BCUT2D eigenvalue weighted by atomic mass is 32.1. The molecule has 0 fully saturated rings. The van der Waals surface area contributed by atoms with E-state index in [-0.39, 0.29) is 18.1 Å². The van der Waals surface area contributed by atoms with E-state index in [1.807, 2.05) is 18.2 Å². The number of ether oxygens (including phenoxy) is 2. The van der Waals surface area contributed by atoms with Crippen molar-refractivity contribution < 1.29 is 14.3 Å². The van der Waals surface area contributed by atoms with Gasteiger partial charge in [0, 0.05) is 11.0 Å². The van der Waals surface area contributed by atoms with Crippen LogP contribution in [0.1, 0.15) is 48.8 Å². The van der Waals surface area contributed by atoms with Crippen molar-refractivity contribution in [1.82, 2.24) is 0 Å². The Balaban J connectivity index is 1.49. The van der Waals surface area contributed by atoms with Crippen molar-refractivity contribution in [2.24, 2.45) is 11.3 Å². The molecule has 1 amide bonds. The normalized spacial score (nSPS) is 17.8. The molecule has 1 aromatic heterocycles. The molecule has 0 bridgehead atoms. The molecular weight excluding hydrogens is 384 g/mol. The molecule has 0 saturated carbocycles. The first kappa shape index (κ1) is 19.5. The van der Waals surface area contributed by atoms with Crippen molar-refractivity contribution in [2.45, 2.75) is 40.0 Å².